The Kier molecular flexibility index (Phi) is 4.20. The Morgan fingerprint density at radius 3 is 3.08 bits per heavy atom. The van der Waals surface area contributed by atoms with Crippen LogP contribution in [-0.4, -0.2) is 41.7 Å². The third-order valence-corrected chi connectivity index (χ3v) is 5.78. The van der Waals surface area contributed by atoms with Gasteiger partial charge in [0.15, 0.2) is 0 Å². The molecule has 126 valence electrons. The summed E-state index contributed by atoms with van der Waals surface area (Å²) >= 11 is 1.66. The van der Waals surface area contributed by atoms with E-state index in [1.165, 1.54) is 0 Å². The summed E-state index contributed by atoms with van der Waals surface area (Å²) in [6.07, 6.45) is 5.04. The van der Waals surface area contributed by atoms with Crippen molar-refractivity contribution in [2.75, 3.05) is 24.6 Å². The highest BCUT2D eigenvalue weighted by molar-refractivity contribution is 7.09. The molecule has 4 rings (SSSR count). The monoisotopic (exact) mass is 344 g/mol. The molecule has 2 saturated heterocycles. The lowest BCUT2D eigenvalue weighted by Gasteiger charge is -2.42. The summed E-state index contributed by atoms with van der Waals surface area (Å²) in [5, 5.41) is 5.14. The van der Waals surface area contributed by atoms with Crippen LogP contribution in [0.3, 0.4) is 0 Å². The molecule has 0 bridgehead atoms. The van der Waals surface area contributed by atoms with Crippen molar-refractivity contribution in [2.45, 2.75) is 25.5 Å². The van der Waals surface area contributed by atoms with Gasteiger partial charge in [-0.3, -0.25) is 4.79 Å². The van der Waals surface area contributed by atoms with E-state index in [1.807, 2.05) is 17.5 Å². The van der Waals surface area contributed by atoms with E-state index < -0.39 is 5.41 Å². The highest BCUT2D eigenvalue weighted by Gasteiger charge is 2.53. The van der Waals surface area contributed by atoms with Gasteiger partial charge in [-0.15, -0.1) is 11.3 Å². The Morgan fingerprint density at radius 1 is 1.42 bits per heavy atom. The number of carbonyl (C=O) groups excluding carboxylic acids is 1. The van der Waals surface area contributed by atoms with E-state index in [4.69, 9.17) is 4.74 Å². The van der Waals surface area contributed by atoms with Crippen LogP contribution in [0.5, 0.6) is 0 Å². The summed E-state index contributed by atoms with van der Waals surface area (Å²) in [5.41, 5.74) is -0.505. The van der Waals surface area contributed by atoms with Crippen molar-refractivity contribution >= 4 is 23.2 Å². The number of ether oxygens (including phenoxy) is 1. The van der Waals surface area contributed by atoms with Crippen molar-refractivity contribution in [1.82, 2.24) is 15.3 Å². The summed E-state index contributed by atoms with van der Waals surface area (Å²) in [7, 11) is 0. The number of thiophene rings is 1. The molecule has 2 aliphatic heterocycles. The van der Waals surface area contributed by atoms with Crippen molar-refractivity contribution < 1.29 is 9.53 Å². The number of rotatable bonds is 4. The molecular weight excluding hydrogens is 324 g/mol. The molecule has 1 amide bonds. The van der Waals surface area contributed by atoms with Gasteiger partial charge in [-0.25, -0.2) is 9.97 Å². The minimum absolute atomic E-state index is 0.0132. The fraction of sp³-hybridized carbons (Fsp3) is 0.471. The molecule has 2 fully saturated rings. The van der Waals surface area contributed by atoms with Crippen LogP contribution in [0.2, 0.25) is 0 Å². The van der Waals surface area contributed by atoms with Gasteiger partial charge in [0.05, 0.1) is 18.1 Å². The molecule has 2 aromatic rings. The third kappa shape index (κ3) is 2.78. The second-order valence-electron chi connectivity index (χ2n) is 6.29. The first kappa shape index (κ1) is 15.5. The SMILES string of the molecule is O=C(NCc1cccs1)[C@]12CCO[C@H]1CCN(c1ncccn1)C2. The Bertz CT molecular complexity index is 694. The maximum atomic E-state index is 13.0. The zero-order chi connectivity index (χ0) is 16.4. The molecule has 0 aliphatic carbocycles. The standard InChI is InChI=1S/C17H20N4O2S/c22-15(20-11-13-3-1-10-24-13)17-5-9-23-14(17)4-8-21(12-17)16-18-6-2-7-19-16/h1-3,6-7,10,14H,4-5,8-9,11-12H2,(H,20,22)/t14-,17-/m0/s1. The quantitative estimate of drug-likeness (QED) is 0.917. The predicted molar refractivity (Wildman–Crippen MR) is 91.8 cm³/mol. The molecule has 0 radical (unpaired) electrons. The van der Waals surface area contributed by atoms with Crippen molar-refractivity contribution in [1.29, 1.82) is 0 Å². The highest BCUT2D eigenvalue weighted by Crippen LogP contribution is 2.41. The molecular formula is C17H20N4O2S. The zero-order valence-electron chi connectivity index (χ0n) is 13.4. The van der Waals surface area contributed by atoms with E-state index >= 15 is 0 Å². The molecule has 2 atom stereocenters. The van der Waals surface area contributed by atoms with Crippen molar-refractivity contribution in [2.24, 2.45) is 5.41 Å². The summed E-state index contributed by atoms with van der Waals surface area (Å²) in [4.78, 5) is 25.0. The van der Waals surface area contributed by atoms with Crippen molar-refractivity contribution in [3.8, 4) is 0 Å². The second kappa shape index (κ2) is 6.49. The van der Waals surface area contributed by atoms with Crippen LogP contribution in [0.4, 0.5) is 5.95 Å². The molecule has 6 nitrogen and oxygen atoms in total. The number of hydrogen-bond acceptors (Lipinski definition) is 6. The molecule has 1 N–H and O–H groups in total. The number of fused-ring (bicyclic) bond motifs is 1. The van der Waals surface area contributed by atoms with Gasteiger partial charge in [0.2, 0.25) is 11.9 Å². The van der Waals surface area contributed by atoms with Crippen molar-refractivity contribution in [3.05, 3.63) is 40.8 Å². The second-order valence-corrected chi connectivity index (χ2v) is 7.32. The minimum Gasteiger partial charge on any atom is -0.377 e. The van der Waals surface area contributed by atoms with Crippen LogP contribution in [0, 0.1) is 5.41 Å². The number of nitrogens with one attached hydrogen (secondary N) is 1. The van der Waals surface area contributed by atoms with Gasteiger partial charge in [-0.1, -0.05) is 6.07 Å². The van der Waals surface area contributed by atoms with Crippen LogP contribution < -0.4 is 10.2 Å². The van der Waals surface area contributed by atoms with E-state index in [0.29, 0.717) is 25.6 Å². The van der Waals surface area contributed by atoms with Crippen LogP contribution in [-0.2, 0) is 16.1 Å². The molecule has 0 aromatic carbocycles. The van der Waals surface area contributed by atoms with Gasteiger partial charge < -0.3 is 15.0 Å². The molecule has 7 heteroatoms. The third-order valence-electron chi connectivity index (χ3n) is 4.91. The average Bonchev–Trinajstić information content (AvgIpc) is 3.29. The van der Waals surface area contributed by atoms with Gasteiger partial charge in [-0.2, -0.15) is 0 Å². The first-order valence-corrected chi connectivity index (χ1v) is 9.10. The van der Waals surface area contributed by atoms with E-state index in [-0.39, 0.29) is 12.0 Å². The largest absolute Gasteiger partial charge is 0.377 e. The normalized spacial score (nSPS) is 26.2. The summed E-state index contributed by atoms with van der Waals surface area (Å²) in [5.74, 6) is 0.771. The van der Waals surface area contributed by atoms with Gasteiger partial charge >= 0.3 is 0 Å². The minimum atomic E-state index is -0.505. The lowest BCUT2D eigenvalue weighted by Crippen LogP contribution is -2.57. The summed E-state index contributed by atoms with van der Waals surface area (Å²) in [6, 6.07) is 5.84. The maximum absolute atomic E-state index is 13.0. The number of hydrogen-bond donors (Lipinski definition) is 1. The molecule has 0 spiro atoms. The number of carbonyl (C=O) groups is 1. The lowest BCUT2D eigenvalue weighted by atomic mass is 9.75. The molecule has 2 aliphatic rings. The fourth-order valence-electron chi connectivity index (χ4n) is 3.65. The molecule has 2 aromatic heterocycles. The van der Waals surface area contributed by atoms with Gasteiger partial charge in [-0.05, 0) is 30.4 Å². The van der Waals surface area contributed by atoms with Crippen LogP contribution in [0.25, 0.3) is 0 Å². The smallest absolute Gasteiger partial charge is 0.231 e. The topological polar surface area (TPSA) is 67.3 Å². The van der Waals surface area contributed by atoms with E-state index in [0.717, 1.165) is 24.3 Å². The average molecular weight is 344 g/mol. The molecule has 4 heterocycles. The Hall–Kier alpha value is -1.99. The number of aromatic nitrogens is 2. The van der Waals surface area contributed by atoms with Crippen LogP contribution in [0.1, 0.15) is 17.7 Å². The maximum Gasteiger partial charge on any atom is 0.231 e. The van der Waals surface area contributed by atoms with Gasteiger partial charge in [0.25, 0.3) is 0 Å². The van der Waals surface area contributed by atoms with Gasteiger partial charge in [0.1, 0.15) is 0 Å². The molecule has 24 heavy (non-hydrogen) atoms. The Morgan fingerprint density at radius 2 is 2.29 bits per heavy atom. The number of nitrogens with zero attached hydrogens (tertiary/aromatic N) is 3. The van der Waals surface area contributed by atoms with E-state index in [2.05, 4.69) is 20.2 Å². The summed E-state index contributed by atoms with van der Waals surface area (Å²) in [6.45, 7) is 2.64. The van der Waals surface area contributed by atoms with Crippen molar-refractivity contribution in [3.63, 3.8) is 0 Å². The Labute approximate surface area is 144 Å². The molecule has 0 saturated carbocycles. The number of amides is 1. The predicted octanol–water partition coefficient (Wildman–Crippen LogP) is 1.84. The zero-order valence-corrected chi connectivity index (χ0v) is 14.2. The summed E-state index contributed by atoms with van der Waals surface area (Å²) < 4.78 is 5.88. The number of anilines is 1. The van der Waals surface area contributed by atoms with Gasteiger partial charge in [0, 0.05) is 37.0 Å². The first-order valence-electron chi connectivity index (χ1n) is 8.22. The molecule has 0 unspecified atom stereocenters. The highest BCUT2D eigenvalue weighted by atomic mass is 32.1. The van der Waals surface area contributed by atoms with E-state index in [9.17, 15) is 4.79 Å². The first-order chi connectivity index (χ1) is 11.8. The van der Waals surface area contributed by atoms with E-state index in [1.54, 1.807) is 29.8 Å². The Balaban J connectivity index is 1.52. The fourth-order valence-corrected chi connectivity index (χ4v) is 4.29. The number of piperidine rings is 1. The lowest BCUT2D eigenvalue weighted by molar-refractivity contribution is -0.135. The van der Waals surface area contributed by atoms with Crippen LogP contribution >= 0.6 is 11.3 Å². The van der Waals surface area contributed by atoms with Crippen LogP contribution in [0.15, 0.2) is 36.0 Å².